The van der Waals surface area contributed by atoms with Gasteiger partial charge in [0.1, 0.15) is 0 Å². The predicted molar refractivity (Wildman–Crippen MR) is 129 cm³/mol. The molecule has 3 heterocycles. The number of hydrogen-bond acceptors (Lipinski definition) is 6. The number of aliphatic hydroxyl groups excluding tert-OH is 2. The number of aromatic nitrogens is 1. The summed E-state index contributed by atoms with van der Waals surface area (Å²) in [6.07, 6.45) is 10.2. The van der Waals surface area contributed by atoms with E-state index in [2.05, 4.69) is 4.98 Å². The molecule has 1 aliphatic carbocycles. The molecule has 2 aromatic heterocycles. The quantitative estimate of drug-likeness (QED) is 0.568. The number of nitrogens with zero attached hydrogens (tertiary/aromatic N) is 3. The summed E-state index contributed by atoms with van der Waals surface area (Å²) in [6.45, 7) is -0.0644. The molecule has 3 aromatic rings. The van der Waals surface area contributed by atoms with Crippen molar-refractivity contribution in [1.29, 1.82) is 0 Å². The zero-order valence-corrected chi connectivity index (χ0v) is 18.7. The maximum atomic E-state index is 13.6. The van der Waals surface area contributed by atoms with Crippen molar-refractivity contribution in [1.82, 2.24) is 9.99 Å². The number of allylic oxidation sites excluding steroid dienone is 3. The number of thiophene rings is 1. The Labute approximate surface area is 195 Å². The lowest BCUT2D eigenvalue weighted by molar-refractivity contribution is 0.0654. The fraction of sp³-hybridized carbons (Fsp3) is 0.192. The first-order valence-electron chi connectivity index (χ1n) is 10.8. The van der Waals surface area contributed by atoms with Gasteiger partial charge >= 0.3 is 0 Å². The van der Waals surface area contributed by atoms with E-state index < -0.39 is 0 Å². The third-order valence-electron chi connectivity index (χ3n) is 6.06. The van der Waals surface area contributed by atoms with Crippen LogP contribution in [0.5, 0.6) is 0 Å². The van der Waals surface area contributed by atoms with Gasteiger partial charge in [-0.15, -0.1) is 11.3 Å². The Bertz CT molecular complexity index is 1260. The summed E-state index contributed by atoms with van der Waals surface area (Å²) in [5, 5.41) is 26.5. The van der Waals surface area contributed by atoms with E-state index in [-0.39, 0.29) is 30.2 Å². The first kappa shape index (κ1) is 21.3. The molecule has 0 saturated carbocycles. The van der Waals surface area contributed by atoms with Crippen molar-refractivity contribution < 1.29 is 15.0 Å². The summed E-state index contributed by atoms with van der Waals surface area (Å²) in [7, 11) is 0. The summed E-state index contributed by atoms with van der Waals surface area (Å²) in [5.41, 5.74) is 3.39. The van der Waals surface area contributed by atoms with E-state index in [0.29, 0.717) is 17.7 Å². The number of pyridine rings is 1. The molecule has 2 N–H and O–H groups in total. The first-order chi connectivity index (χ1) is 16.2. The van der Waals surface area contributed by atoms with Gasteiger partial charge in [-0.2, -0.15) is 5.10 Å². The minimum absolute atomic E-state index is 0.0644. The summed E-state index contributed by atoms with van der Waals surface area (Å²) in [4.78, 5) is 19.3. The Morgan fingerprint density at radius 3 is 2.82 bits per heavy atom. The molecule has 166 valence electrons. The Kier molecular flexibility index (Phi) is 5.90. The monoisotopic (exact) mass is 457 g/mol. The molecular weight excluding hydrogens is 434 g/mol. The molecule has 0 saturated heterocycles. The van der Waals surface area contributed by atoms with E-state index in [1.54, 1.807) is 18.5 Å². The molecule has 1 amide bonds. The highest BCUT2D eigenvalue weighted by Crippen LogP contribution is 2.36. The SMILES string of the molecule is O=C(c1ccc(-c2ccccc2CO)s1)N1N=C(c2cccnc2)CC1C1CC=CC=C1O. The Hall–Kier alpha value is -3.55. The third kappa shape index (κ3) is 4.13. The maximum absolute atomic E-state index is 13.6. The number of aliphatic hydroxyl groups is 2. The van der Waals surface area contributed by atoms with Gasteiger partial charge in [-0.3, -0.25) is 9.78 Å². The number of benzene rings is 1. The highest BCUT2D eigenvalue weighted by molar-refractivity contribution is 7.17. The number of hydrazone groups is 1. The number of carbonyl (C=O) groups excluding carboxylic acids is 1. The second kappa shape index (κ2) is 9.13. The Balaban J connectivity index is 1.49. The second-order valence-electron chi connectivity index (χ2n) is 8.05. The van der Waals surface area contributed by atoms with Crippen molar-refractivity contribution in [3.63, 3.8) is 0 Å². The molecule has 2 unspecified atom stereocenters. The minimum atomic E-state index is -0.288. The van der Waals surface area contributed by atoms with Crippen LogP contribution in [0.15, 0.2) is 90.0 Å². The zero-order chi connectivity index (χ0) is 22.8. The molecule has 33 heavy (non-hydrogen) atoms. The van der Waals surface area contributed by atoms with Crippen LogP contribution in [0.2, 0.25) is 0 Å². The normalized spacial score (nSPS) is 20.0. The van der Waals surface area contributed by atoms with Crippen LogP contribution in [0, 0.1) is 5.92 Å². The van der Waals surface area contributed by atoms with Crippen LogP contribution in [0.1, 0.15) is 33.6 Å². The molecule has 0 spiro atoms. The van der Waals surface area contributed by atoms with E-state index in [1.165, 1.54) is 16.3 Å². The Morgan fingerprint density at radius 2 is 2.03 bits per heavy atom. The summed E-state index contributed by atoms with van der Waals surface area (Å²) >= 11 is 1.38. The van der Waals surface area contributed by atoms with Crippen LogP contribution in [-0.2, 0) is 6.61 Å². The van der Waals surface area contributed by atoms with E-state index in [9.17, 15) is 15.0 Å². The lowest BCUT2D eigenvalue weighted by atomic mass is 9.87. The highest BCUT2D eigenvalue weighted by atomic mass is 32.1. The molecule has 5 rings (SSSR count). The maximum Gasteiger partial charge on any atom is 0.284 e. The van der Waals surface area contributed by atoms with Crippen molar-refractivity contribution in [2.45, 2.75) is 25.5 Å². The summed E-state index contributed by atoms with van der Waals surface area (Å²) in [6, 6.07) is 14.8. The molecule has 2 aliphatic rings. The molecule has 1 aliphatic heterocycles. The van der Waals surface area contributed by atoms with Gasteiger partial charge in [0.2, 0.25) is 0 Å². The number of rotatable bonds is 5. The van der Waals surface area contributed by atoms with Gasteiger partial charge in [0.05, 0.1) is 29.0 Å². The second-order valence-corrected chi connectivity index (χ2v) is 9.13. The van der Waals surface area contributed by atoms with Crippen LogP contribution in [0.25, 0.3) is 10.4 Å². The topological polar surface area (TPSA) is 86.0 Å². The smallest absolute Gasteiger partial charge is 0.284 e. The molecule has 0 radical (unpaired) electrons. The molecule has 7 heteroatoms. The van der Waals surface area contributed by atoms with Crippen LogP contribution in [-0.4, -0.2) is 37.9 Å². The fourth-order valence-corrected chi connectivity index (χ4v) is 5.35. The van der Waals surface area contributed by atoms with E-state index in [4.69, 9.17) is 5.10 Å². The average molecular weight is 458 g/mol. The number of hydrogen-bond donors (Lipinski definition) is 2. The third-order valence-corrected chi connectivity index (χ3v) is 7.16. The van der Waals surface area contributed by atoms with Gasteiger partial charge in [-0.05, 0) is 41.8 Å². The highest BCUT2D eigenvalue weighted by Gasteiger charge is 2.39. The number of amides is 1. The molecule has 2 atom stereocenters. The fourth-order valence-electron chi connectivity index (χ4n) is 4.35. The largest absolute Gasteiger partial charge is 0.512 e. The molecule has 0 fully saturated rings. The van der Waals surface area contributed by atoms with Gasteiger partial charge in [-0.25, -0.2) is 5.01 Å². The van der Waals surface area contributed by atoms with Crippen LogP contribution in [0.4, 0.5) is 0 Å². The number of carbonyl (C=O) groups is 1. The lowest BCUT2D eigenvalue weighted by Gasteiger charge is -2.29. The van der Waals surface area contributed by atoms with Gasteiger partial charge in [0.25, 0.3) is 5.91 Å². The van der Waals surface area contributed by atoms with E-state index >= 15 is 0 Å². The van der Waals surface area contributed by atoms with Crippen molar-refractivity contribution in [2.75, 3.05) is 0 Å². The van der Waals surface area contributed by atoms with Crippen molar-refractivity contribution in [3.05, 3.63) is 101 Å². The zero-order valence-electron chi connectivity index (χ0n) is 17.8. The molecule has 0 bridgehead atoms. The summed E-state index contributed by atoms with van der Waals surface area (Å²) in [5.74, 6) is -0.142. The van der Waals surface area contributed by atoms with Crippen LogP contribution < -0.4 is 0 Å². The average Bonchev–Trinajstić information content (AvgIpc) is 3.53. The van der Waals surface area contributed by atoms with Gasteiger partial charge in [0.15, 0.2) is 0 Å². The van der Waals surface area contributed by atoms with Crippen molar-refractivity contribution in [2.24, 2.45) is 11.0 Å². The van der Waals surface area contributed by atoms with Crippen molar-refractivity contribution in [3.8, 4) is 10.4 Å². The lowest BCUT2D eigenvalue weighted by Crippen LogP contribution is -2.39. The molecular formula is C26H23N3O3S. The molecule has 1 aromatic carbocycles. The predicted octanol–water partition coefficient (Wildman–Crippen LogP) is 4.94. The van der Waals surface area contributed by atoms with Crippen LogP contribution >= 0.6 is 11.3 Å². The van der Waals surface area contributed by atoms with Gasteiger partial charge in [0, 0.05) is 35.2 Å². The Morgan fingerprint density at radius 1 is 1.15 bits per heavy atom. The van der Waals surface area contributed by atoms with Crippen LogP contribution in [0.3, 0.4) is 0 Å². The standard InChI is InChI=1S/C26H23N3O3S/c30-16-18-6-1-2-8-19(18)24-11-12-25(33-24)26(32)29-22(20-9-3-4-10-23(20)31)14-21(28-29)17-7-5-13-27-15-17/h1-8,10-13,15,20,22,30-31H,9,14,16H2. The summed E-state index contributed by atoms with van der Waals surface area (Å²) < 4.78 is 0. The van der Waals surface area contributed by atoms with E-state index in [1.807, 2.05) is 60.7 Å². The van der Waals surface area contributed by atoms with Gasteiger partial charge in [-0.1, -0.05) is 42.5 Å². The van der Waals surface area contributed by atoms with Gasteiger partial charge < -0.3 is 10.2 Å². The minimum Gasteiger partial charge on any atom is -0.512 e. The van der Waals surface area contributed by atoms with Crippen molar-refractivity contribution >= 4 is 23.0 Å². The molecule has 6 nitrogen and oxygen atoms in total. The first-order valence-corrected chi connectivity index (χ1v) is 11.6. The van der Waals surface area contributed by atoms with E-state index in [0.717, 1.165) is 27.3 Å².